The highest BCUT2D eigenvalue weighted by Gasteiger charge is 2.09. The van der Waals surface area contributed by atoms with Crippen molar-refractivity contribution in [3.8, 4) is 5.88 Å². The van der Waals surface area contributed by atoms with E-state index in [-0.39, 0.29) is 0 Å². The van der Waals surface area contributed by atoms with E-state index in [1.807, 2.05) is 13.0 Å². The van der Waals surface area contributed by atoms with E-state index in [9.17, 15) is 0 Å². The fourth-order valence-electron chi connectivity index (χ4n) is 1.38. The maximum Gasteiger partial charge on any atom is 0.221 e. The predicted octanol–water partition coefficient (Wildman–Crippen LogP) is 3.74. The molecule has 0 saturated heterocycles. The highest BCUT2D eigenvalue weighted by Crippen LogP contribution is 2.22. The summed E-state index contributed by atoms with van der Waals surface area (Å²) < 4.78 is 5.62. The molecule has 1 rings (SSSR count). The van der Waals surface area contributed by atoms with Crippen LogP contribution in [0.5, 0.6) is 5.88 Å². The van der Waals surface area contributed by atoms with Crippen molar-refractivity contribution in [1.82, 2.24) is 9.97 Å². The third-order valence-corrected chi connectivity index (χ3v) is 2.72. The van der Waals surface area contributed by atoms with Crippen LogP contribution >= 0.6 is 11.6 Å². The number of allylic oxidation sites excluding steroid dienone is 1. The summed E-state index contributed by atoms with van der Waals surface area (Å²) in [6.07, 6.45) is 5.58. The lowest BCUT2D eigenvalue weighted by Gasteiger charge is -2.10. The average Bonchev–Trinajstić information content (AvgIpc) is 2.31. The van der Waals surface area contributed by atoms with Crippen molar-refractivity contribution in [3.05, 3.63) is 29.2 Å². The van der Waals surface area contributed by atoms with Crippen LogP contribution in [0.15, 0.2) is 12.7 Å². The molecule has 0 aliphatic rings. The molecule has 0 aliphatic carbocycles. The minimum Gasteiger partial charge on any atom is -0.477 e. The molecule has 0 unspecified atom stereocenters. The molecular weight excluding hydrogens is 236 g/mol. The van der Waals surface area contributed by atoms with Crippen LogP contribution in [0.25, 0.3) is 0 Å². The SMILES string of the molecule is C=CCCCOc1nc(CCC)nc(Cl)c1C. The molecule has 0 spiro atoms. The van der Waals surface area contributed by atoms with Crippen LogP contribution in [0.1, 0.15) is 37.6 Å². The first-order valence-electron chi connectivity index (χ1n) is 5.95. The van der Waals surface area contributed by atoms with Gasteiger partial charge in [-0.1, -0.05) is 24.6 Å². The van der Waals surface area contributed by atoms with Gasteiger partial charge in [-0.05, 0) is 26.2 Å². The van der Waals surface area contributed by atoms with Gasteiger partial charge in [-0.15, -0.1) is 6.58 Å². The Kier molecular flexibility index (Phi) is 5.98. The van der Waals surface area contributed by atoms with E-state index in [2.05, 4.69) is 23.5 Å². The predicted molar refractivity (Wildman–Crippen MR) is 70.7 cm³/mol. The van der Waals surface area contributed by atoms with Crippen molar-refractivity contribution in [2.45, 2.75) is 39.5 Å². The minimum absolute atomic E-state index is 0.488. The Morgan fingerprint density at radius 1 is 1.41 bits per heavy atom. The second-order valence-electron chi connectivity index (χ2n) is 3.89. The number of hydrogen-bond donors (Lipinski definition) is 0. The second kappa shape index (κ2) is 7.28. The fourth-order valence-corrected chi connectivity index (χ4v) is 1.56. The number of halogens is 1. The second-order valence-corrected chi connectivity index (χ2v) is 4.25. The van der Waals surface area contributed by atoms with Crippen molar-refractivity contribution in [2.75, 3.05) is 6.61 Å². The van der Waals surface area contributed by atoms with Crippen molar-refractivity contribution < 1.29 is 4.74 Å². The molecule has 0 saturated carbocycles. The molecular formula is C13H19ClN2O. The Balaban J connectivity index is 2.71. The molecule has 4 heteroatoms. The van der Waals surface area contributed by atoms with Crippen molar-refractivity contribution in [2.24, 2.45) is 0 Å². The molecule has 17 heavy (non-hydrogen) atoms. The number of aryl methyl sites for hydroxylation is 1. The summed E-state index contributed by atoms with van der Waals surface area (Å²) in [5, 5.41) is 0.488. The third kappa shape index (κ3) is 4.35. The van der Waals surface area contributed by atoms with Gasteiger partial charge < -0.3 is 4.74 Å². The standard InChI is InChI=1S/C13H19ClN2O/c1-4-6-7-9-17-13-10(3)12(14)15-11(16-13)8-5-2/h4H,1,5-9H2,2-3H3. The lowest BCUT2D eigenvalue weighted by Crippen LogP contribution is -2.05. The summed E-state index contributed by atoms with van der Waals surface area (Å²) in [5.41, 5.74) is 0.810. The lowest BCUT2D eigenvalue weighted by atomic mass is 10.3. The first-order valence-corrected chi connectivity index (χ1v) is 6.33. The van der Waals surface area contributed by atoms with E-state index in [1.54, 1.807) is 0 Å². The Bertz CT molecular complexity index is 380. The fraction of sp³-hybridized carbons (Fsp3) is 0.538. The van der Waals surface area contributed by atoms with Gasteiger partial charge in [0.05, 0.1) is 6.61 Å². The molecule has 1 aromatic rings. The number of hydrogen-bond acceptors (Lipinski definition) is 3. The van der Waals surface area contributed by atoms with Crippen LogP contribution in [-0.4, -0.2) is 16.6 Å². The summed E-state index contributed by atoms with van der Waals surface area (Å²) >= 11 is 6.05. The monoisotopic (exact) mass is 254 g/mol. The summed E-state index contributed by atoms with van der Waals surface area (Å²) in [7, 11) is 0. The van der Waals surface area contributed by atoms with Crippen LogP contribution < -0.4 is 4.74 Å². The normalized spacial score (nSPS) is 10.3. The highest BCUT2D eigenvalue weighted by molar-refractivity contribution is 6.30. The summed E-state index contributed by atoms with van der Waals surface area (Å²) in [4.78, 5) is 8.60. The lowest BCUT2D eigenvalue weighted by molar-refractivity contribution is 0.296. The number of ether oxygens (including phenoxy) is 1. The van der Waals surface area contributed by atoms with E-state index in [0.29, 0.717) is 17.6 Å². The molecule has 0 aromatic carbocycles. The molecule has 1 aromatic heterocycles. The quantitative estimate of drug-likeness (QED) is 0.422. The molecule has 0 fully saturated rings. The maximum atomic E-state index is 6.05. The first-order chi connectivity index (χ1) is 8.19. The van der Waals surface area contributed by atoms with E-state index >= 15 is 0 Å². The van der Waals surface area contributed by atoms with Gasteiger partial charge in [-0.2, -0.15) is 4.98 Å². The zero-order valence-electron chi connectivity index (χ0n) is 10.5. The van der Waals surface area contributed by atoms with E-state index in [0.717, 1.165) is 37.1 Å². The van der Waals surface area contributed by atoms with Gasteiger partial charge in [0.2, 0.25) is 5.88 Å². The third-order valence-electron chi connectivity index (χ3n) is 2.35. The van der Waals surface area contributed by atoms with Crippen molar-refractivity contribution in [1.29, 1.82) is 0 Å². The molecule has 0 N–H and O–H groups in total. The number of aromatic nitrogens is 2. The smallest absolute Gasteiger partial charge is 0.221 e. The number of nitrogens with zero attached hydrogens (tertiary/aromatic N) is 2. The van der Waals surface area contributed by atoms with Crippen molar-refractivity contribution in [3.63, 3.8) is 0 Å². The van der Waals surface area contributed by atoms with Crippen LogP contribution in [0.2, 0.25) is 5.15 Å². The van der Waals surface area contributed by atoms with Gasteiger partial charge in [0, 0.05) is 12.0 Å². The molecule has 1 heterocycles. The minimum atomic E-state index is 0.488. The molecule has 0 aliphatic heterocycles. The molecule has 94 valence electrons. The van der Waals surface area contributed by atoms with Gasteiger partial charge in [0.15, 0.2) is 0 Å². The summed E-state index contributed by atoms with van der Waals surface area (Å²) in [5.74, 6) is 1.36. The largest absolute Gasteiger partial charge is 0.477 e. The summed E-state index contributed by atoms with van der Waals surface area (Å²) in [6, 6.07) is 0. The van der Waals surface area contributed by atoms with E-state index in [1.165, 1.54) is 0 Å². The topological polar surface area (TPSA) is 35.0 Å². The van der Waals surface area contributed by atoms with Crippen LogP contribution in [0, 0.1) is 6.92 Å². The Morgan fingerprint density at radius 3 is 2.82 bits per heavy atom. The van der Waals surface area contributed by atoms with Crippen LogP contribution in [-0.2, 0) is 6.42 Å². The van der Waals surface area contributed by atoms with Crippen LogP contribution in [0.4, 0.5) is 0 Å². The molecule has 0 amide bonds. The number of unbranched alkanes of at least 4 members (excludes halogenated alkanes) is 1. The maximum absolute atomic E-state index is 6.05. The average molecular weight is 255 g/mol. The molecule has 3 nitrogen and oxygen atoms in total. The molecule has 0 radical (unpaired) electrons. The van der Waals surface area contributed by atoms with Crippen LogP contribution in [0.3, 0.4) is 0 Å². The van der Waals surface area contributed by atoms with E-state index < -0.39 is 0 Å². The molecule has 0 atom stereocenters. The zero-order chi connectivity index (χ0) is 12.7. The van der Waals surface area contributed by atoms with Gasteiger partial charge in [0.25, 0.3) is 0 Å². The Labute approximate surface area is 108 Å². The van der Waals surface area contributed by atoms with Gasteiger partial charge in [0.1, 0.15) is 11.0 Å². The summed E-state index contributed by atoms with van der Waals surface area (Å²) in [6.45, 7) is 8.26. The van der Waals surface area contributed by atoms with Crippen molar-refractivity contribution >= 4 is 11.6 Å². The van der Waals surface area contributed by atoms with E-state index in [4.69, 9.17) is 16.3 Å². The molecule has 0 bridgehead atoms. The van der Waals surface area contributed by atoms with Gasteiger partial charge in [-0.3, -0.25) is 0 Å². The Hall–Kier alpha value is -1.09. The number of rotatable bonds is 7. The zero-order valence-corrected chi connectivity index (χ0v) is 11.3. The van der Waals surface area contributed by atoms with Gasteiger partial charge in [-0.25, -0.2) is 4.98 Å². The first kappa shape index (κ1) is 14.0. The van der Waals surface area contributed by atoms with Gasteiger partial charge >= 0.3 is 0 Å². The Morgan fingerprint density at radius 2 is 2.18 bits per heavy atom. The highest BCUT2D eigenvalue weighted by atomic mass is 35.5.